The fourth-order valence-corrected chi connectivity index (χ4v) is 2.32. The van der Waals surface area contributed by atoms with Crippen molar-refractivity contribution in [1.82, 2.24) is 4.90 Å². The zero-order valence-electron chi connectivity index (χ0n) is 10.5. The van der Waals surface area contributed by atoms with E-state index in [9.17, 15) is 0 Å². The van der Waals surface area contributed by atoms with Crippen LogP contribution in [-0.4, -0.2) is 37.0 Å². The minimum absolute atomic E-state index is 0.0745. The van der Waals surface area contributed by atoms with E-state index >= 15 is 0 Å². The Labute approximate surface area is 114 Å². The van der Waals surface area contributed by atoms with E-state index in [0.29, 0.717) is 0 Å². The van der Waals surface area contributed by atoms with Crippen LogP contribution in [0.15, 0.2) is 24.3 Å². The maximum atomic E-state index is 6.15. The number of nitrogens with zero attached hydrogens (tertiary/aromatic N) is 1. The molecule has 1 aromatic carbocycles. The molecule has 0 saturated carbocycles. The van der Waals surface area contributed by atoms with Crippen LogP contribution in [0, 0.1) is 0 Å². The van der Waals surface area contributed by atoms with Crippen molar-refractivity contribution in [3.05, 3.63) is 34.9 Å². The lowest BCUT2D eigenvalue weighted by Gasteiger charge is -2.19. The molecule has 0 aliphatic heterocycles. The van der Waals surface area contributed by atoms with Crippen molar-refractivity contribution in [2.75, 3.05) is 32.1 Å². The summed E-state index contributed by atoms with van der Waals surface area (Å²) in [4.78, 5) is 2.32. The maximum Gasteiger partial charge on any atom is 0.0409 e. The molecule has 4 heteroatoms. The lowest BCUT2D eigenvalue weighted by atomic mass is 10.0. The molecule has 2 N–H and O–H groups in total. The van der Waals surface area contributed by atoms with Crippen LogP contribution in [0.3, 0.4) is 0 Å². The van der Waals surface area contributed by atoms with Crippen LogP contribution in [0.5, 0.6) is 0 Å². The Balaban J connectivity index is 2.36. The molecule has 0 aliphatic rings. The second kappa shape index (κ2) is 7.98. The van der Waals surface area contributed by atoms with Gasteiger partial charge in [-0.15, -0.1) is 0 Å². The second-order valence-corrected chi connectivity index (χ2v) is 5.67. The molecular formula is C13H21ClN2S. The summed E-state index contributed by atoms with van der Waals surface area (Å²) in [6.45, 7) is 2.14. The van der Waals surface area contributed by atoms with Gasteiger partial charge in [0.25, 0.3) is 0 Å². The summed E-state index contributed by atoms with van der Waals surface area (Å²) in [7, 11) is 2.14. The molecular weight excluding hydrogens is 252 g/mol. The Bertz CT molecular complexity index is 333. The first-order chi connectivity index (χ1) is 8.13. The standard InChI is InChI=1S/C13H21ClN2S/c1-16(8-9-17-2)7-6-13(15)11-4-3-5-12(14)10-11/h3-5,10,13H,6-9,15H2,1-2H3. The third-order valence-corrected chi connectivity index (χ3v) is 3.60. The molecule has 0 aliphatic carbocycles. The van der Waals surface area contributed by atoms with Crippen molar-refractivity contribution in [3.8, 4) is 0 Å². The van der Waals surface area contributed by atoms with Gasteiger partial charge in [0.15, 0.2) is 0 Å². The summed E-state index contributed by atoms with van der Waals surface area (Å²) in [5.41, 5.74) is 7.27. The summed E-state index contributed by atoms with van der Waals surface area (Å²) >= 11 is 7.82. The molecule has 0 aromatic heterocycles. The lowest BCUT2D eigenvalue weighted by molar-refractivity contribution is 0.337. The Hall–Kier alpha value is -0.220. The van der Waals surface area contributed by atoms with Crippen LogP contribution in [0.4, 0.5) is 0 Å². The van der Waals surface area contributed by atoms with Gasteiger partial charge in [-0.3, -0.25) is 0 Å². The number of thioether (sulfide) groups is 1. The van der Waals surface area contributed by atoms with Crippen molar-refractivity contribution in [2.45, 2.75) is 12.5 Å². The molecule has 0 amide bonds. The zero-order chi connectivity index (χ0) is 12.7. The summed E-state index contributed by atoms with van der Waals surface area (Å²) < 4.78 is 0. The molecule has 0 fully saturated rings. The van der Waals surface area contributed by atoms with Crippen LogP contribution in [0.1, 0.15) is 18.0 Å². The van der Waals surface area contributed by atoms with E-state index in [2.05, 4.69) is 18.2 Å². The van der Waals surface area contributed by atoms with Crippen LogP contribution >= 0.6 is 23.4 Å². The fraction of sp³-hybridized carbons (Fsp3) is 0.538. The Kier molecular flexibility index (Phi) is 6.97. The van der Waals surface area contributed by atoms with E-state index in [1.807, 2.05) is 36.0 Å². The number of rotatable bonds is 7. The smallest absolute Gasteiger partial charge is 0.0409 e. The van der Waals surface area contributed by atoms with Crippen LogP contribution in [-0.2, 0) is 0 Å². The van der Waals surface area contributed by atoms with Gasteiger partial charge in [-0.05, 0) is 44.0 Å². The molecule has 0 spiro atoms. The highest BCUT2D eigenvalue weighted by atomic mass is 35.5. The average molecular weight is 273 g/mol. The number of hydrogen-bond acceptors (Lipinski definition) is 3. The Morgan fingerprint density at radius 3 is 2.82 bits per heavy atom. The number of benzene rings is 1. The number of halogens is 1. The normalized spacial score (nSPS) is 13.0. The van der Waals surface area contributed by atoms with Gasteiger partial charge in [-0.2, -0.15) is 11.8 Å². The van der Waals surface area contributed by atoms with Gasteiger partial charge >= 0.3 is 0 Å². The van der Waals surface area contributed by atoms with E-state index in [-0.39, 0.29) is 6.04 Å². The van der Waals surface area contributed by atoms with E-state index in [1.165, 1.54) is 5.75 Å². The van der Waals surface area contributed by atoms with Gasteiger partial charge in [-0.1, -0.05) is 23.7 Å². The van der Waals surface area contributed by atoms with E-state index < -0.39 is 0 Å². The molecule has 17 heavy (non-hydrogen) atoms. The highest BCUT2D eigenvalue weighted by Gasteiger charge is 2.07. The van der Waals surface area contributed by atoms with Gasteiger partial charge in [0, 0.05) is 23.4 Å². The number of hydrogen-bond donors (Lipinski definition) is 1. The van der Waals surface area contributed by atoms with Gasteiger partial charge in [0.1, 0.15) is 0 Å². The quantitative estimate of drug-likeness (QED) is 0.827. The fourth-order valence-electron chi connectivity index (χ4n) is 1.62. The summed E-state index contributed by atoms with van der Waals surface area (Å²) in [6, 6.07) is 7.90. The molecule has 1 unspecified atom stereocenters. The number of nitrogens with two attached hydrogens (primary N) is 1. The molecule has 0 radical (unpaired) electrons. The predicted molar refractivity (Wildman–Crippen MR) is 78.9 cm³/mol. The van der Waals surface area contributed by atoms with Crippen molar-refractivity contribution in [3.63, 3.8) is 0 Å². The minimum atomic E-state index is 0.0745. The first kappa shape index (κ1) is 14.8. The zero-order valence-corrected chi connectivity index (χ0v) is 12.1. The molecule has 2 nitrogen and oxygen atoms in total. The van der Waals surface area contributed by atoms with E-state index in [0.717, 1.165) is 30.1 Å². The predicted octanol–water partition coefficient (Wildman–Crippen LogP) is 3.02. The van der Waals surface area contributed by atoms with Gasteiger partial charge < -0.3 is 10.6 Å². The minimum Gasteiger partial charge on any atom is -0.324 e. The van der Waals surface area contributed by atoms with E-state index in [1.54, 1.807) is 0 Å². The average Bonchev–Trinajstić information content (AvgIpc) is 2.33. The molecule has 0 bridgehead atoms. The highest BCUT2D eigenvalue weighted by molar-refractivity contribution is 7.98. The Morgan fingerprint density at radius 1 is 1.41 bits per heavy atom. The lowest BCUT2D eigenvalue weighted by Crippen LogP contribution is -2.25. The molecule has 96 valence electrons. The third-order valence-electron chi connectivity index (χ3n) is 2.78. The molecule has 1 rings (SSSR count). The summed E-state index contributed by atoms with van der Waals surface area (Å²) in [5, 5.41) is 0.758. The van der Waals surface area contributed by atoms with Gasteiger partial charge in [0.05, 0.1) is 0 Å². The van der Waals surface area contributed by atoms with Crippen molar-refractivity contribution >= 4 is 23.4 Å². The third kappa shape index (κ3) is 5.77. The SMILES string of the molecule is CSCCN(C)CCC(N)c1cccc(Cl)c1. The first-order valence-corrected chi connectivity index (χ1v) is 7.59. The van der Waals surface area contributed by atoms with E-state index in [4.69, 9.17) is 17.3 Å². The molecule has 0 saturated heterocycles. The van der Waals surface area contributed by atoms with Crippen molar-refractivity contribution in [2.24, 2.45) is 5.73 Å². The molecule has 1 aromatic rings. The largest absolute Gasteiger partial charge is 0.324 e. The van der Waals surface area contributed by atoms with Crippen molar-refractivity contribution < 1.29 is 0 Å². The topological polar surface area (TPSA) is 29.3 Å². The Morgan fingerprint density at radius 2 is 2.18 bits per heavy atom. The van der Waals surface area contributed by atoms with Crippen molar-refractivity contribution in [1.29, 1.82) is 0 Å². The van der Waals surface area contributed by atoms with Gasteiger partial charge in [0.2, 0.25) is 0 Å². The highest BCUT2D eigenvalue weighted by Crippen LogP contribution is 2.18. The monoisotopic (exact) mass is 272 g/mol. The molecule has 1 atom stereocenters. The molecule has 0 heterocycles. The van der Waals surface area contributed by atoms with Crippen LogP contribution < -0.4 is 5.73 Å². The van der Waals surface area contributed by atoms with Crippen LogP contribution in [0.2, 0.25) is 5.02 Å². The summed E-state index contributed by atoms with van der Waals surface area (Å²) in [5.74, 6) is 1.17. The first-order valence-electron chi connectivity index (χ1n) is 5.82. The van der Waals surface area contributed by atoms with Gasteiger partial charge in [-0.25, -0.2) is 0 Å². The maximum absolute atomic E-state index is 6.15. The second-order valence-electron chi connectivity index (χ2n) is 4.25. The summed E-state index contributed by atoms with van der Waals surface area (Å²) in [6.07, 6.45) is 3.09. The van der Waals surface area contributed by atoms with Crippen LogP contribution in [0.25, 0.3) is 0 Å².